The van der Waals surface area contributed by atoms with Crippen molar-refractivity contribution in [1.29, 1.82) is 0 Å². The van der Waals surface area contributed by atoms with E-state index in [4.69, 9.17) is 21.1 Å². The number of ether oxygens (including phenoxy) is 2. The Morgan fingerprint density at radius 2 is 1.77 bits per heavy atom. The lowest BCUT2D eigenvalue weighted by Crippen LogP contribution is -2.66. The van der Waals surface area contributed by atoms with E-state index in [0.717, 1.165) is 60.2 Å². The van der Waals surface area contributed by atoms with Gasteiger partial charge in [-0.15, -0.1) is 0 Å². The molecule has 1 aliphatic carbocycles. The van der Waals surface area contributed by atoms with Crippen molar-refractivity contribution >= 4 is 29.2 Å². The Bertz CT molecular complexity index is 1680. The second kappa shape index (κ2) is 14.1. The zero-order valence-corrected chi connectivity index (χ0v) is 26.8. The number of carbonyl (C=O) groups is 2. The van der Waals surface area contributed by atoms with Crippen molar-refractivity contribution < 1.29 is 32.2 Å². The molecular formula is C36H37ClF3N3O4. The van der Waals surface area contributed by atoms with Gasteiger partial charge in [-0.3, -0.25) is 0 Å². The van der Waals surface area contributed by atoms with Gasteiger partial charge in [-0.1, -0.05) is 61.0 Å². The number of fused-ring (bicyclic) bond motifs is 2. The monoisotopic (exact) mass is 667 g/mol. The first kappa shape index (κ1) is 33.1. The van der Waals surface area contributed by atoms with E-state index in [1.807, 2.05) is 42.5 Å². The van der Waals surface area contributed by atoms with Crippen LogP contribution >= 0.6 is 11.6 Å². The van der Waals surface area contributed by atoms with Crippen LogP contribution in [0.4, 0.5) is 18.0 Å². The van der Waals surface area contributed by atoms with Gasteiger partial charge in [0.15, 0.2) is 17.4 Å². The quantitative estimate of drug-likeness (QED) is 0.0996. The number of piperazine rings is 1. The number of benzene rings is 3. The minimum absolute atomic E-state index is 0.00144. The summed E-state index contributed by atoms with van der Waals surface area (Å²) in [4.78, 5) is 28.9. The third-order valence-electron chi connectivity index (χ3n) is 9.24. The van der Waals surface area contributed by atoms with Gasteiger partial charge in [0, 0.05) is 29.7 Å². The lowest BCUT2D eigenvalue weighted by molar-refractivity contribution is -0.134. The van der Waals surface area contributed by atoms with Crippen molar-refractivity contribution in [1.82, 2.24) is 15.5 Å². The summed E-state index contributed by atoms with van der Waals surface area (Å²) in [6.45, 7) is 3.62. The van der Waals surface area contributed by atoms with Crippen LogP contribution in [0, 0.1) is 17.5 Å². The predicted octanol–water partition coefficient (Wildman–Crippen LogP) is 6.96. The maximum atomic E-state index is 13.9. The summed E-state index contributed by atoms with van der Waals surface area (Å²) >= 11 is 6.37. The number of hydrogen-bond acceptors (Lipinski definition) is 6. The smallest absolute Gasteiger partial charge is 0.418 e. The second-order valence-corrected chi connectivity index (χ2v) is 12.9. The molecule has 0 unspecified atom stereocenters. The van der Waals surface area contributed by atoms with Gasteiger partial charge in [-0.05, 0) is 79.0 Å². The van der Waals surface area contributed by atoms with E-state index in [0.29, 0.717) is 36.4 Å². The fraction of sp³-hybridized carbons (Fsp3) is 0.389. The van der Waals surface area contributed by atoms with Crippen LogP contribution in [0.2, 0.25) is 5.02 Å². The van der Waals surface area contributed by atoms with Crippen molar-refractivity contribution in [3.63, 3.8) is 0 Å². The summed E-state index contributed by atoms with van der Waals surface area (Å²) in [5, 5.41) is 7.64. The Morgan fingerprint density at radius 1 is 1.02 bits per heavy atom. The second-order valence-electron chi connectivity index (χ2n) is 12.5. The van der Waals surface area contributed by atoms with E-state index in [9.17, 15) is 22.8 Å². The van der Waals surface area contributed by atoms with E-state index in [1.54, 1.807) is 11.0 Å². The van der Waals surface area contributed by atoms with Crippen LogP contribution < -0.4 is 15.4 Å². The molecule has 0 aromatic heterocycles. The summed E-state index contributed by atoms with van der Waals surface area (Å²) in [5.41, 5.74) is 3.61. The lowest BCUT2D eigenvalue weighted by Gasteiger charge is -2.47. The van der Waals surface area contributed by atoms with Gasteiger partial charge < -0.3 is 25.0 Å². The lowest BCUT2D eigenvalue weighted by atomic mass is 9.75. The average Bonchev–Trinajstić information content (AvgIpc) is 3.91. The number of aryl methyl sites for hydroxylation is 1. The van der Waals surface area contributed by atoms with Crippen molar-refractivity contribution in [2.75, 3.05) is 19.7 Å². The fourth-order valence-electron chi connectivity index (χ4n) is 6.43. The molecule has 3 aromatic carbocycles. The molecule has 2 atom stereocenters. The first-order chi connectivity index (χ1) is 22.7. The number of nitrogens with one attached hydrogen (secondary N) is 2. The minimum atomic E-state index is -1.34. The van der Waals surface area contributed by atoms with Gasteiger partial charge in [-0.25, -0.2) is 18.4 Å². The highest BCUT2D eigenvalue weighted by Gasteiger charge is 2.45. The maximum absolute atomic E-state index is 13.9. The van der Waals surface area contributed by atoms with Gasteiger partial charge in [-0.2, -0.15) is 4.39 Å². The van der Waals surface area contributed by atoms with Gasteiger partial charge in [0.05, 0.1) is 24.8 Å². The summed E-state index contributed by atoms with van der Waals surface area (Å²) in [6, 6.07) is 16.3. The molecule has 1 saturated heterocycles. The Kier molecular flexibility index (Phi) is 9.91. The van der Waals surface area contributed by atoms with Crippen molar-refractivity contribution in [3.8, 4) is 5.75 Å². The number of hydrogen-bond donors (Lipinski definition) is 2. The zero-order valence-electron chi connectivity index (χ0n) is 26.1. The SMILES string of the molecule is CC[C@@]12CNC[C@@H](N1)C(C(=O)OC(=O)N(Cc1ccccc1Cl)C1CC1)=C(c1ccc(CCCOc3c(F)ccc(F)c3F)cc1)C2. The van der Waals surface area contributed by atoms with Crippen LogP contribution in [0.15, 0.2) is 66.2 Å². The Morgan fingerprint density at radius 3 is 2.49 bits per heavy atom. The van der Waals surface area contributed by atoms with Crippen LogP contribution in [0.25, 0.3) is 5.57 Å². The molecule has 0 radical (unpaired) electrons. The third-order valence-corrected chi connectivity index (χ3v) is 9.61. The van der Waals surface area contributed by atoms with E-state index in [1.165, 1.54) is 0 Å². The van der Waals surface area contributed by atoms with Crippen LogP contribution in [-0.4, -0.2) is 54.3 Å². The molecule has 6 rings (SSSR count). The normalized spacial score (nSPS) is 20.6. The molecule has 2 fully saturated rings. The molecular weight excluding hydrogens is 631 g/mol. The number of esters is 1. The molecule has 2 N–H and O–H groups in total. The maximum Gasteiger partial charge on any atom is 0.418 e. The highest BCUT2D eigenvalue weighted by Crippen LogP contribution is 2.39. The molecule has 0 spiro atoms. The molecule has 1 amide bonds. The molecule has 1 saturated carbocycles. The standard InChI is InChI=1S/C36H37ClF3N3O4/c1-2-36-18-26(23-11-9-22(10-12-23)6-5-17-46-33-29(39)16-15-28(38)32(33)40)31(30(42-36)19-41-21-36)34(44)47-35(45)43(25-13-14-25)20-24-7-3-4-8-27(24)37/h3-4,7-12,15-16,25,30,41-42H,2,5-6,13-14,17-21H2,1H3/t30-,36-/m1/s1. The molecule has 3 aromatic rings. The number of carbonyl (C=O) groups excluding carboxylic acids is 2. The van der Waals surface area contributed by atoms with Crippen molar-refractivity contribution in [2.24, 2.45) is 0 Å². The zero-order chi connectivity index (χ0) is 33.1. The van der Waals surface area contributed by atoms with E-state index in [2.05, 4.69) is 17.6 Å². The minimum Gasteiger partial charge on any atom is -0.488 e. The molecule has 11 heteroatoms. The molecule has 2 heterocycles. The van der Waals surface area contributed by atoms with Crippen molar-refractivity contribution in [3.05, 3.63) is 105 Å². The predicted molar refractivity (Wildman–Crippen MR) is 172 cm³/mol. The molecule has 3 aliphatic rings. The van der Waals surface area contributed by atoms with Crippen molar-refractivity contribution in [2.45, 2.75) is 69.6 Å². The topological polar surface area (TPSA) is 79.9 Å². The van der Waals surface area contributed by atoms with Gasteiger partial charge in [0.25, 0.3) is 0 Å². The Labute approximate surface area is 277 Å². The van der Waals surface area contributed by atoms with Crippen LogP contribution in [0.1, 0.15) is 55.7 Å². The first-order valence-corrected chi connectivity index (χ1v) is 16.4. The summed E-state index contributed by atoms with van der Waals surface area (Å²) in [5.74, 6) is -4.85. The van der Waals surface area contributed by atoms with Gasteiger partial charge in [0.2, 0.25) is 5.82 Å². The number of halogens is 4. The first-order valence-electron chi connectivity index (χ1n) is 16.0. The van der Waals surface area contributed by atoms with E-state index >= 15 is 0 Å². The Balaban J connectivity index is 1.18. The molecule has 248 valence electrons. The summed E-state index contributed by atoms with van der Waals surface area (Å²) < 4.78 is 52.1. The summed E-state index contributed by atoms with van der Waals surface area (Å²) in [6.07, 6.45) is 3.39. The third kappa shape index (κ3) is 7.35. The van der Waals surface area contributed by atoms with Crippen LogP contribution in [-0.2, 0) is 22.5 Å². The molecule has 2 aliphatic heterocycles. The fourth-order valence-corrected chi connectivity index (χ4v) is 6.63. The highest BCUT2D eigenvalue weighted by atomic mass is 35.5. The van der Waals surface area contributed by atoms with Crippen LogP contribution in [0.5, 0.6) is 5.75 Å². The average molecular weight is 668 g/mol. The molecule has 2 bridgehead atoms. The number of nitrogens with zero attached hydrogens (tertiary/aromatic N) is 1. The van der Waals surface area contributed by atoms with Crippen LogP contribution in [0.3, 0.4) is 0 Å². The highest BCUT2D eigenvalue weighted by molar-refractivity contribution is 6.31. The largest absolute Gasteiger partial charge is 0.488 e. The van der Waals surface area contributed by atoms with E-state index in [-0.39, 0.29) is 30.8 Å². The summed E-state index contributed by atoms with van der Waals surface area (Å²) in [7, 11) is 0. The number of amides is 1. The molecule has 47 heavy (non-hydrogen) atoms. The van der Waals surface area contributed by atoms with Gasteiger partial charge in [0.1, 0.15) is 0 Å². The van der Waals surface area contributed by atoms with Gasteiger partial charge >= 0.3 is 12.1 Å². The number of rotatable bonds is 11. The Hall–Kier alpha value is -3.86. The molecule has 7 nitrogen and oxygen atoms in total. The van der Waals surface area contributed by atoms with E-state index < -0.39 is 35.3 Å².